The van der Waals surface area contributed by atoms with E-state index in [9.17, 15) is 27.9 Å². The van der Waals surface area contributed by atoms with Crippen molar-refractivity contribution in [3.8, 4) is 5.75 Å². The van der Waals surface area contributed by atoms with E-state index in [-0.39, 0.29) is 15.4 Å². The predicted molar refractivity (Wildman–Crippen MR) is 76.1 cm³/mol. The van der Waals surface area contributed by atoms with Crippen LogP contribution in [0.25, 0.3) is 10.8 Å². The predicted octanol–water partition coefficient (Wildman–Crippen LogP) is 2.32. The van der Waals surface area contributed by atoms with Gasteiger partial charge in [-0.3, -0.25) is 9.59 Å². The number of nitrogens with zero attached hydrogens (tertiary/aromatic N) is 1. The summed E-state index contributed by atoms with van der Waals surface area (Å²) < 4.78 is 38.3. The molecule has 1 aromatic carbocycles. The molecule has 0 aliphatic heterocycles. The average molecular weight is 393 g/mol. The Morgan fingerprint density at radius 1 is 1.26 bits per heavy atom. The highest BCUT2D eigenvalue weighted by molar-refractivity contribution is 9.10. The van der Waals surface area contributed by atoms with E-state index < -0.39 is 41.0 Å². The van der Waals surface area contributed by atoms with E-state index in [4.69, 9.17) is 10.8 Å². The number of alkyl halides is 3. The van der Waals surface area contributed by atoms with Crippen LogP contribution in [-0.2, 0) is 11.0 Å². The van der Waals surface area contributed by atoms with Gasteiger partial charge in [-0.15, -0.1) is 0 Å². The van der Waals surface area contributed by atoms with Crippen LogP contribution >= 0.6 is 15.9 Å². The Labute approximate surface area is 134 Å². The first kappa shape index (κ1) is 17.2. The van der Waals surface area contributed by atoms with Crippen molar-refractivity contribution in [2.75, 3.05) is 0 Å². The second-order valence-electron chi connectivity index (χ2n) is 4.54. The number of carbonyl (C=O) groups is 2. The Morgan fingerprint density at radius 3 is 2.39 bits per heavy atom. The molecule has 0 saturated heterocycles. The highest BCUT2D eigenvalue weighted by atomic mass is 79.9. The second kappa shape index (κ2) is 5.78. The van der Waals surface area contributed by atoms with Gasteiger partial charge in [0.2, 0.25) is 5.78 Å². The first-order valence-corrected chi connectivity index (χ1v) is 6.75. The van der Waals surface area contributed by atoms with Gasteiger partial charge >= 0.3 is 12.1 Å². The number of halogens is 4. The van der Waals surface area contributed by atoms with Gasteiger partial charge in [0.25, 0.3) is 0 Å². The van der Waals surface area contributed by atoms with Crippen molar-refractivity contribution in [3.05, 3.63) is 34.1 Å². The number of aromatic nitrogens is 1. The van der Waals surface area contributed by atoms with Crippen molar-refractivity contribution < 1.29 is 33.0 Å². The Bertz CT molecular complexity index is 823. The number of pyridine rings is 1. The zero-order valence-electron chi connectivity index (χ0n) is 11.1. The summed E-state index contributed by atoms with van der Waals surface area (Å²) in [6.45, 7) is 0. The van der Waals surface area contributed by atoms with Crippen molar-refractivity contribution >= 4 is 38.5 Å². The van der Waals surface area contributed by atoms with Gasteiger partial charge in [-0.2, -0.15) is 13.2 Å². The largest absolute Gasteiger partial charge is 0.505 e. The van der Waals surface area contributed by atoms with Gasteiger partial charge in [-0.25, -0.2) is 4.98 Å². The number of ketones is 1. The van der Waals surface area contributed by atoms with Crippen molar-refractivity contribution in [1.29, 1.82) is 0 Å². The molecule has 0 aliphatic carbocycles. The van der Waals surface area contributed by atoms with E-state index in [0.717, 1.165) is 12.1 Å². The van der Waals surface area contributed by atoms with E-state index in [1.54, 1.807) is 0 Å². The molecule has 4 N–H and O–H groups in total. The Balaban J connectivity index is 2.72. The van der Waals surface area contributed by atoms with Crippen molar-refractivity contribution in [2.24, 2.45) is 5.73 Å². The molecular formula is C13H8BrF3N2O4. The summed E-state index contributed by atoms with van der Waals surface area (Å²) in [6, 6.07) is 0.503. The number of hydrogen-bond acceptors (Lipinski definition) is 5. The third kappa shape index (κ3) is 3.13. The lowest BCUT2D eigenvalue weighted by Gasteiger charge is -2.12. The number of hydrogen-bond donors (Lipinski definition) is 3. The number of aliphatic carboxylic acids is 1. The lowest BCUT2D eigenvalue weighted by atomic mass is 10.0. The zero-order chi connectivity index (χ0) is 17.5. The quantitative estimate of drug-likeness (QED) is 0.419. The number of Topliss-reactive ketones (excluding diaryl/α,β-unsaturated/α-hetero) is 1. The molecule has 1 heterocycles. The van der Waals surface area contributed by atoms with E-state index in [2.05, 4.69) is 20.9 Å². The van der Waals surface area contributed by atoms with Crippen molar-refractivity contribution in [1.82, 2.24) is 4.98 Å². The molecule has 1 unspecified atom stereocenters. The lowest BCUT2D eigenvalue weighted by Crippen LogP contribution is -2.39. The minimum absolute atomic E-state index is 0.0278. The molecule has 0 saturated carbocycles. The normalized spacial score (nSPS) is 13.1. The number of aromatic hydroxyl groups is 1. The maximum absolute atomic E-state index is 12.8. The molecule has 0 fully saturated rings. The Kier molecular flexibility index (Phi) is 4.31. The number of rotatable bonds is 3. The smallest absolute Gasteiger partial charge is 0.416 e. The Morgan fingerprint density at radius 2 is 1.87 bits per heavy atom. The van der Waals surface area contributed by atoms with E-state index in [1.165, 1.54) is 0 Å². The number of fused-ring (bicyclic) bond motifs is 1. The summed E-state index contributed by atoms with van der Waals surface area (Å²) >= 11 is 2.97. The van der Waals surface area contributed by atoms with Crippen LogP contribution in [0.1, 0.15) is 16.1 Å². The maximum Gasteiger partial charge on any atom is 0.416 e. The number of benzene rings is 1. The zero-order valence-corrected chi connectivity index (χ0v) is 12.6. The minimum Gasteiger partial charge on any atom is -0.505 e. The molecule has 0 aliphatic rings. The van der Waals surface area contributed by atoms with Gasteiger partial charge in [0, 0.05) is 10.8 Å². The minimum atomic E-state index is -4.65. The fourth-order valence-corrected chi connectivity index (χ4v) is 2.39. The van der Waals surface area contributed by atoms with E-state index >= 15 is 0 Å². The summed E-state index contributed by atoms with van der Waals surface area (Å²) in [4.78, 5) is 26.3. The summed E-state index contributed by atoms with van der Waals surface area (Å²) in [6.07, 6.45) is -4.65. The van der Waals surface area contributed by atoms with Crippen LogP contribution < -0.4 is 5.73 Å². The van der Waals surface area contributed by atoms with Gasteiger partial charge in [0.05, 0.1) is 5.56 Å². The molecule has 2 aromatic rings. The van der Waals surface area contributed by atoms with Crippen LogP contribution in [0.3, 0.4) is 0 Å². The third-order valence-corrected chi connectivity index (χ3v) is 3.64. The molecule has 10 heteroatoms. The molecule has 0 bridgehead atoms. The van der Waals surface area contributed by atoms with Crippen LogP contribution in [0.2, 0.25) is 0 Å². The topological polar surface area (TPSA) is 114 Å². The number of carboxylic acids is 1. The summed E-state index contributed by atoms with van der Waals surface area (Å²) in [5, 5.41) is 18.6. The van der Waals surface area contributed by atoms with Crippen LogP contribution in [0, 0.1) is 0 Å². The summed E-state index contributed by atoms with van der Waals surface area (Å²) in [5.74, 6) is -3.75. The molecule has 0 spiro atoms. The third-order valence-electron chi connectivity index (χ3n) is 3.04. The van der Waals surface area contributed by atoms with Gasteiger partial charge in [-0.1, -0.05) is 6.07 Å². The maximum atomic E-state index is 12.8. The first-order valence-electron chi connectivity index (χ1n) is 5.96. The van der Waals surface area contributed by atoms with Gasteiger partial charge < -0.3 is 15.9 Å². The Hall–Kier alpha value is -2.20. The van der Waals surface area contributed by atoms with Gasteiger partial charge in [0.1, 0.15) is 4.60 Å². The second-order valence-corrected chi connectivity index (χ2v) is 5.29. The van der Waals surface area contributed by atoms with Crippen LogP contribution in [0.5, 0.6) is 5.75 Å². The van der Waals surface area contributed by atoms with E-state index in [0.29, 0.717) is 6.07 Å². The highest BCUT2D eigenvalue weighted by Gasteiger charge is 2.32. The molecule has 122 valence electrons. The molecule has 23 heavy (non-hydrogen) atoms. The van der Waals surface area contributed by atoms with E-state index in [1.807, 2.05) is 0 Å². The fourth-order valence-electron chi connectivity index (χ4n) is 1.87. The highest BCUT2D eigenvalue weighted by Crippen LogP contribution is 2.37. The van der Waals surface area contributed by atoms with Crippen LogP contribution in [-0.4, -0.2) is 33.0 Å². The number of carbonyl (C=O) groups excluding carboxylic acids is 1. The van der Waals surface area contributed by atoms with Gasteiger partial charge in [-0.05, 0) is 28.1 Å². The molecule has 2 rings (SSSR count). The molecular weight excluding hydrogens is 385 g/mol. The standard InChI is InChI=1S/C13H8BrF3N2O4/c14-11-5-2-1-4(13(15,16)17)3-6(5)9(20)8(19-11)10(21)7(18)12(22)23/h1-3,7,20H,18H2,(H,22,23). The average Bonchev–Trinajstić information content (AvgIpc) is 2.47. The van der Waals surface area contributed by atoms with Gasteiger partial charge in [0.15, 0.2) is 17.5 Å². The van der Waals surface area contributed by atoms with Crippen molar-refractivity contribution in [2.45, 2.75) is 12.2 Å². The SMILES string of the molecule is NC(C(=O)O)C(=O)c1nc(Br)c2ccc(C(F)(F)F)cc2c1O. The van der Waals surface area contributed by atoms with Crippen molar-refractivity contribution in [3.63, 3.8) is 0 Å². The molecule has 0 radical (unpaired) electrons. The molecule has 0 amide bonds. The fraction of sp³-hybridized carbons (Fsp3) is 0.154. The molecule has 1 aromatic heterocycles. The number of carboxylic acid groups (broad SMARTS) is 1. The first-order chi connectivity index (χ1) is 10.5. The van der Waals surface area contributed by atoms with Crippen LogP contribution in [0.15, 0.2) is 22.8 Å². The summed E-state index contributed by atoms with van der Waals surface area (Å²) in [5.41, 5.74) is 3.39. The molecule has 1 atom stereocenters. The monoisotopic (exact) mass is 392 g/mol. The number of nitrogens with two attached hydrogens (primary N) is 1. The molecule has 6 nitrogen and oxygen atoms in total. The van der Waals surface area contributed by atoms with Crippen LogP contribution in [0.4, 0.5) is 13.2 Å². The lowest BCUT2D eigenvalue weighted by molar-refractivity contribution is -0.138. The summed E-state index contributed by atoms with van der Waals surface area (Å²) in [7, 11) is 0.